The Morgan fingerprint density at radius 3 is 1.05 bits per heavy atom. The fraction of sp³-hybridized carbons (Fsp3) is 0.250. The average molecular weight is 549 g/mol. The van der Waals surface area contributed by atoms with E-state index in [1.807, 2.05) is 13.8 Å². The Hall–Kier alpha value is -2.58. The molecule has 0 aromatic heterocycles. The minimum Gasteiger partial charge on any atom is -0.756 e. The molecule has 0 fully saturated rings. The summed E-state index contributed by atoms with van der Waals surface area (Å²) in [5.41, 5.74) is 0. The molecule has 0 radical (unpaired) electrons. The van der Waals surface area contributed by atoms with E-state index in [1.165, 1.54) is 21.2 Å². The van der Waals surface area contributed by atoms with Gasteiger partial charge in [0.2, 0.25) is 0 Å². The Bertz CT molecular complexity index is 1040. The van der Waals surface area contributed by atoms with Gasteiger partial charge < -0.3 is 13.9 Å². The number of hydrogen-bond acceptors (Lipinski definition) is 4. The molecule has 0 saturated carbocycles. The second-order valence-electron chi connectivity index (χ2n) is 8.83. The highest BCUT2D eigenvalue weighted by atomic mass is 31.2. The number of hydrogen-bond donors (Lipinski definition) is 0. The van der Waals surface area contributed by atoms with Gasteiger partial charge in [-0.3, -0.25) is 4.57 Å². The van der Waals surface area contributed by atoms with Gasteiger partial charge in [0, 0.05) is 0 Å². The molecule has 38 heavy (non-hydrogen) atoms. The van der Waals surface area contributed by atoms with E-state index in [0.717, 1.165) is 25.7 Å². The first kappa shape index (κ1) is 30.0. The lowest BCUT2D eigenvalue weighted by Gasteiger charge is -2.27. The van der Waals surface area contributed by atoms with Crippen molar-refractivity contribution in [1.29, 1.82) is 0 Å². The number of phosphoric ester groups is 1. The van der Waals surface area contributed by atoms with Crippen molar-refractivity contribution >= 4 is 36.3 Å². The molecule has 6 heteroatoms. The predicted octanol–water partition coefficient (Wildman–Crippen LogP) is 6.39. The normalized spacial score (nSPS) is 11.4. The topological polar surface area (TPSA) is 58.6 Å². The molecule has 0 saturated heterocycles. The summed E-state index contributed by atoms with van der Waals surface area (Å²) >= 11 is 0. The molecule has 4 rings (SSSR count). The van der Waals surface area contributed by atoms with E-state index in [-0.39, 0.29) is 13.2 Å². The molecule has 0 atom stereocenters. The van der Waals surface area contributed by atoms with E-state index in [4.69, 9.17) is 0 Å². The third kappa shape index (κ3) is 8.21. The molecule has 200 valence electrons. The molecular formula is C32H38O4P2. The third-order valence-corrected chi connectivity index (χ3v) is 11.4. The van der Waals surface area contributed by atoms with E-state index >= 15 is 0 Å². The lowest BCUT2D eigenvalue weighted by atomic mass is 10.3. The van der Waals surface area contributed by atoms with E-state index in [2.05, 4.69) is 130 Å². The molecular weight excluding hydrogens is 510 g/mol. The highest BCUT2D eigenvalue weighted by molar-refractivity contribution is 8.01. The van der Waals surface area contributed by atoms with Crippen LogP contribution in [0.2, 0.25) is 0 Å². The number of benzene rings is 4. The van der Waals surface area contributed by atoms with E-state index in [0.29, 0.717) is 0 Å². The van der Waals surface area contributed by atoms with Gasteiger partial charge in [0.25, 0.3) is 7.82 Å². The van der Waals surface area contributed by atoms with Crippen molar-refractivity contribution in [3.8, 4) is 0 Å². The smallest absolute Gasteiger partial charge is 0.267 e. The molecule has 0 N–H and O–H groups in total. The van der Waals surface area contributed by atoms with Gasteiger partial charge in [-0.1, -0.05) is 99.5 Å². The van der Waals surface area contributed by atoms with Gasteiger partial charge in [0.05, 0.1) is 13.2 Å². The van der Waals surface area contributed by atoms with Crippen molar-refractivity contribution in [2.24, 2.45) is 0 Å². The van der Waals surface area contributed by atoms with E-state index in [1.54, 1.807) is 0 Å². The van der Waals surface area contributed by atoms with E-state index in [9.17, 15) is 9.46 Å². The fourth-order valence-corrected chi connectivity index (χ4v) is 9.23. The summed E-state index contributed by atoms with van der Waals surface area (Å²) in [6.07, 6.45) is 3.30. The van der Waals surface area contributed by atoms with Crippen LogP contribution in [0.3, 0.4) is 0 Å². The van der Waals surface area contributed by atoms with Crippen LogP contribution in [0, 0.1) is 0 Å². The molecule has 4 aromatic rings. The van der Waals surface area contributed by atoms with Gasteiger partial charge in [0.1, 0.15) is 28.5 Å². The second kappa shape index (κ2) is 15.7. The summed E-state index contributed by atoms with van der Waals surface area (Å²) in [4.78, 5) is 11.0. The summed E-state index contributed by atoms with van der Waals surface area (Å²) < 4.78 is 20.2. The standard InChI is InChI=1S/C24H20P.C8H19O4P/c1-5-13-21(14-6-1)25(22-15-7-2-8-16-22,23-17-9-3-10-18-23)24-19-11-4-12-20-24;1-3-5-7-11-13(9,10)12-8-6-4-2/h1-20H;3-8H2,1-2H3,(H,9,10)/q+1;/p-1. The highest BCUT2D eigenvalue weighted by Gasteiger charge is 2.47. The van der Waals surface area contributed by atoms with Crippen LogP contribution in [0.1, 0.15) is 39.5 Å². The van der Waals surface area contributed by atoms with Crippen LogP contribution < -0.4 is 26.1 Å². The lowest BCUT2D eigenvalue weighted by molar-refractivity contribution is -0.225. The molecule has 0 spiro atoms. The Kier molecular flexibility index (Phi) is 12.4. The van der Waals surface area contributed by atoms with Gasteiger partial charge in [-0.05, 0) is 61.4 Å². The maximum Gasteiger partial charge on any atom is 0.267 e. The maximum absolute atomic E-state index is 11.0. The summed E-state index contributed by atoms with van der Waals surface area (Å²) in [5.74, 6) is 0. The third-order valence-electron chi connectivity index (χ3n) is 6.07. The van der Waals surface area contributed by atoms with Gasteiger partial charge in [-0.25, -0.2) is 0 Å². The van der Waals surface area contributed by atoms with Gasteiger partial charge >= 0.3 is 0 Å². The van der Waals surface area contributed by atoms with Gasteiger partial charge in [-0.2, -0.15) is 0 Å². The summed E-state index contributed by atoms with van der Waals surface area (Å²) in [5, 5.41) is 5.55. The maximum atomic E-state index is 11.0. The van der Waals surface area contributed by atoms with Crippen LogP contribution in [0.4, 0.5) is 0 Å². The monoisotopic (exact) mass is 548 g/mol. The highest BCUT2D eigenvalue weighted by Crippen LogP contribution is 2.54. The number of unbranched alkanes of at least 4 members (excludes halogenated alkanes) is 2. The molecule has 0 heterocycles. The van der Waals surface area contributed by atoms with Crippen LogP contribution in [-0.4, -0.2) is 13.2 Å². The number of phosphoric acid groups is 1. The molecule has 0 aliphatic carbocycles. The predicted molar refractivity (Wildman–Crippen MR) is 161 cm³/mol. The molecule has 0 aliphatic rings. The lowest BCUT2D eigenvalue weighted by Crippen LogP contribution is -2.38. The Labute approximate surface area is 228 Å². The van der Waals surface area contributed by atoms with Crippen molar-refractivity contribution in [3.05, 3.63) is 121 Å². The van der Waals surface area contributed by atoms with E-state index < -0.39 is 15.1 Å². The Balaban J connectivity index is 0.000000263. The van der Waals surface area contributed by atoms with Gasteiger partial charge in [0.15, 0.2) is 0 Å². The molecule has 0 unspecified atom stereocenters. The number of rotatable bonds is 12. The summed E-state index contributed by atoms with van der Waals surface area (Å²) in [7, 11) is -5.91. The fourth-order valence-electron chi connectivity index (χ4n) is 4.18. The zero-order valence-electron chi connectivity index (χ0n) is 22.3. The minimum atomic E-state index is -4.00. The molecule has 4 aromatic carbocycles. The molecule has 0 bridgehead atoms. The van der Waals surface area contributed by atoms with Gasteiger partial charge in [-0.15, -0.1) is 0 Å². The quantitative estimate of drug-likeness (QED) is 0.152. The van der Waals surface area contributed by atoms with Crippen molar-refractivity contribution in [3.63, 3.8) is 0 Å². The molecule has 0 aliphatic heterocycles. The molecule has 4 nitrogen and oxygen atoms in total. The second-order valence-corrected chi connectivity index (χ2v) is 13.7. The van der Waals surface area contributed by atoms with Crippen LogP contribution in [0.5, 0.6) is 0 Å². The Morgan fingerprint density at radius 2 is 0.816 bits per heavy atom. The summed E-state index contributed by atoms with van der Waals surface area (Å²) in [6.45, 7) is 4.39. The van der Waals surface area contributed by atoms with Crippen LogP contribution in [-0.2, 0) is 13.6 Å². The first-order chi connectivity index (χ1) is 18.5. The molecule has 0 amide bonds. The minimum absolute atomic E-state index is 0.226. The zero-order valence-corrected chi connectivity index (χ0v) is 24.1. The zero-order chi connectivity index (χ0) is 27.1. The first-order valence-electron chi connectivity index (χ1n) is 13.3. The van der Waals surface area contributed by atoms with Crippen LogP contribution >= 0.6 is 15.1 Å². The van der Waals surface area contributed by atoms with Crippen molar-refractivity contribution in [1.82, 2.24) is 0 Å². The summed E-state index contributed by atoms with van der Waals surface area (Å²) in [6, 6.07) is 43.8. The van der Waals surface area contributed by atoms with Crippen molar-refractivity contribution in [2.75, 3.05) is 13.2 Å². The average Bonchev–Trinajstić information content (AvgIpc) is 2.96. The van der Waals surface area contributed by atoms with Crippen molar-refractivity contribution in [2.45, 2.75) is 39.5 Å². The largest absolute Gasteiger partial charge is 0.756 e. The Morgan fingerprint density at radius 1 is 0.553 bits per heavy atom. The first-order valence-corrected chi connectivity index (χ1v) is 16.5. The van der Waals surface area contributed by atoms with Crippen molar-refractivity contribution < 1.29 is 18.5 Å². The van der Waals surface area contributed by atoms with Crippen LogP contribution in [0.15, 0.2) is 121 Å². The SMILES string of the molecule is CCCCOP(=O)([O-])OCCCC.c1ccc([P+](c2ccccc2)(c2ccccc2)c2ccccc2)cc1. The van der Waals surface area contributed by atoms with Crippen LogP contribution in [0.25, 0.3) is 0 Å².